The lowest BCUT2D eigenvalue weighted by molar-refractivity contribution is -0.128. The smallest absolute Gasteiger partial charge is 0.262 e. The topological polar surface area (TPSA) is 58.6 Å². The van der Waals surface area contributed by atoms with Crippen molar-refractivity contribution in [1.29, 1.82) is 0 Å². The van der Waals surface area contributed by atoms with Crippen molar-refractivity contribution in [3.8, 4) is 5.75 Å². The molecule has 5 nitrogen and oxygen atoms in total. The van der Waals surface area contributed by atoms with Gasteiger partial charge in [0.15, 0.2) is 6.10 Å². The highest BCUT2D eigenvalue weighted by atomic mass is 16.5. The SMILES string of the molecule is CCC(C)C(=O)N1CC(C(=O)NC)Oc2ccccc21. The quantitative estimate of drug-likeness (QED) is 0.911. The number of likely N-dealkylation sites (N-methyl/N-ethyl adjacent to an activating group) is 1. The second-order valence-electron chi connectivity index (χ2n) is 4.95. The van der Waals surface area contributed by atoms with E-state index in [1.807, 2.05) is 32.0 Å². The third kappa shape index (κ3) is 2.61. The third-order valence-electron chi connectivity index (χ3n) is 3.61. The molecule has 1 N–H and O–H groups in total. The van der Waals surface area contributed by atoms with E-state index in [0.29, 0.717) is 5.75 Å². The Morgan fingerprint density at radius 2 is 2.15 bits per heavy atom. The highest BCUT2D eigenvalue weighted by Crippen LogP contribution is 2.34. The Morgan fingerprint density at radius 3 is 2.80 bits per heavy atom. The summed E-state index contributed by atoms with van der Waals surface area (Å²) < 4.78 is 5.67. The van der Waals surface area contributed by atoms with Crippen molar-refractivity contribution in [2.24, 2.45) is 5.92 Å². The van der Waals surface area contributed by atoms with E-state index in [9.17, 15) is 9.59 Å². The standard InChI is InChI=1S/C15H20N2O3/c1-4-10(2)15(19)17-9-13(14(18)16-3)20-12-8-6-5-7-11(12)17/h5-8,10,13H,4,9H2,1-3H3,(H,16,18). The molecule has 1 aliphatic heterocycles. The molecule has 2 atom stereocenters. The van der Waals surface area contributed by atoms with E-state index in [-0.39, 0.29) is 24.3 Å². The van der Waals surface area contributed by atoms with Gasteiger partial charge in [-0.3, -0.25) is 9.59 Å². The maximum absolute atomic E-state index is 12.5. The predicted molar refractivity (Wildman–Crippen MR) is 76.7 cm³/mol. The van der Waals surface area contributed by atoms with Gasteiger partial charge in [0.2, 0.25) is 5.91 Å². The van der Waals surface area contributed by atoms with Crippen LogP contribution in [-0.4, -0.2) is 31.5 Å². The lowest BCUT2D eigenvalue weighted by atomic mass is 10.1. The molecule has 20 heavy (non-hydrogen) atoms. The lowest BCUT2D eigenvalue weighted by Crippen LogP contribution is -2.51. The van der Waals surface area contributed by atoms with Gasteiger partial charge in [-0.25, -0.2) is 0 Å². The molecular weight excluding hydrogens is 256 g/mol. The van der Waals surface area contributed by atoms with Crippen molar-refractivity contribution in [2.45, 2.75) is 26.4 Å². The summed E-state index contributed by atoms with van der Waals surface area (Å²) in [5.41, 5.74) is 0.734. The summed E-state index contributed by atoms with van der Waals surface area (Å²) in [7, 11) is 1.56. The Bertz CT molecular complexity index is 516. The Hall–Kier alpha value is -2.04. The molecule has 0 saturated heterocycles. The fourth-order valence-electron chi connectivity index (χ4n) is 2.18. The minimum absolute atomic E-state index is 0.0251. The van der Waals surface area contributed by atoms with Crippen LogP contribution in [0.2, 0.25) is 0 Å². The second kappa shape index (κ2) is 5.94. The van der Waals surface area contributed by atoms with Gasteiger partial charge in [-0.1, -0.05) is 26.0 Å². The molecule has 0 aliphatic carbocycles. The zero-order valence-electron chi connectivity index (χ0n) is 12.1. The summed E-state index contributed by atoms with van der Waals surface area (Å²) in [5.74, 6) is 0.300. The number of anilines is 1. The van der Waals surface area contributed by atoms with Crippen molar-refractivity contribution < 1.29 is 14.3 Å². The number of ether oxygens (including phenoxy) is 1. The first-order valence-corrected chi connectivity index (χ1v) is 6.87. The summed E-state index contributed by atoms with van der Waals surface area (Å²) in [6, 6.07) is 7.31. The van der Waals surface area contributed by atoms with E-state index in [4.69, 9.17) is 4.74 Å². The minimum Gasteiger partial charge on any atom is -0.477 e. The fourth-order valence-corrected chi connectivity index (χ4v) is 2.18. The third-order valence-corrected chi connectivity index (χ3v) is 3.61. The van der Waals surface area contributed by atoms with E-state index >= 15 is 0 Å². The molecule has 0 radical (unpaired) electrons. The van der Waals surface area contributed by atoms with E-state index < -0.39 is 6.10 Å². The number of fused-ring (bicyclic) bond motifs is 1. The molecule has 0 saturated carbocycles. The summed E-state index contributed by atoms with van der Waals surface area (Å²) in [4.78, 5) is 26.0. The van der Waals surface area contributed by atoms with Crippen LogP contribution in [0.25, 0.3) is 0 Å². The van der Waals surface area contributed by atoms with Gasteiger partial charge in [-0.15, -0.1) is 0 Å². The first kappa shape index (κ1) is 14.4. The van der Waals surface area contributed by atoms with Crippen LogP contribution in [-0.2, 0) is 9.59 Å². The van der Waals surface area contributed by atoms with Crippen LogP contribution in [0.5, 0.6) is 5.75 Å². The number of rotatable bonds is 3. The van der Waals surface area contributed by atoms with Crippen molar-refractivity contribution in [1.82, 2.24) is 5.32 Å². The van der Waals surface area contributed by atoms with Crippen LogP contribution < -0.4 is 15.0 Å². The van der Waals surface area contributed by atoms with Gasteiger partial charge in [0.1, 0.15) is 5.75 Å². The fraction of sp³-hybridized carbons (Fsp3) is 0.467. The normalized spacial score (nSPS) is 18.8. The molecule has 0 bridgehead atoms. The van der Waals surface area contributed by atoms with Crippen molar-refractivity contribution in [3.05, 3.63) is 24.3 Å². The van der Waals surface area contributed by atoms with Gasteiger partial charge >= 0.3 is 0 Å². The van der Waals surface area contributed by atoms with Gasteiger partial charge in [-0.05, 0) is 18.6 Å². The zero-order valence-corrected chi connectivity index (χ0v) is 12.1. The number of hydrogen-bond acceptors (Lipinski definition) is 3. The maximum Gasteiger partial charge on any atom is 0.262 e. The van der Waals surface area contributed by atoms with E-state index in [1.54, 1.807) is 18.0 Å². The number of carbonyl (C=O) groups excluding carboxylic acids is 2. The van der Waals surface area contributed by atoms with Crippen molar-refractivity contribution >= 4 is 17.5 Å². The summed E-state index contributed by atoms with van der Waals surface area (Å²) >= 11 is 0. The van der Waals surface area contributed by atoms with E-state index in [1.165, 1.54) is 0 Å². The molecule has 0 aromatic heterocycles. The average molecular weight is 276 g/mol. The molecule has 5 heteroatoms. The Morgan fingerprint density at radius 1 is 1.45 bits per heavy atom. The number of nitrogens with one attached hydrogen (secondary N) is 1. The molecule has 1 aromatic carbocycles. The van der Waals surface area contributed by atoms with Gasteiger partial charge in [-0.2, -0.15) is 0 Å². The predicted octanol–water partition coefficient (Wildman–Crippen LogP) is 1.57. The molecule has 2 rings (SSSR count). The Kier molecular flexibility index (Phi) is 4.27. The maximum atomic E-state index is 12.5. The molecule has 1 heterocycles. The highest BCUT2D eigenvalue weighted by Gasteiger charge is 2.34. The second-order valence-corrected chi connectivity index (χ2v) is 4.95. The van der Waals surface area contributed by atoms with Crippen molar-refractivity contribution in [2.75, 3.05) is 18.5 Å². The first-order valence-electron chi connectivity index (χ1n) is 6.87. The lowest BCUT2D eigenvalue weighted by Gasteiger charge is -2.35. The number of benzene rings is 1. The highest BCUT2D eigenvalue weighted by molar-refractivity contribution is 5.98. The summed E-state index contributed by atoms with van der Waals surface area (Å²) in [5, 5.41) is 2.57. The van der Waals surface area contributed by atoms with Crippen LogP contribution in [0, 0.1) is 5.92 Å². The molecule has 0 spiro atoms. The van der Waals surface area contributed by atoms with Crippen LogP contribution in [0.1, 0.15) is 20.3 Å². The molecule has 1 aliphatic rings. The van der Waals surface area contributed by atoms with E-state index in [0.717, 1.165) is 12.1 Å². The molecule has 2 amide bonds. The van der Waals surface area contributed by atoms with Gasteiger partial charge in [0.25, 0.3) is 5.91 Å². The van der Waals surface area contributed by atoms with Gasteiger partial charge < -0.3 is 15.0 Å². The molecule has 2 unspecified atom stereocenters. The number of hydrogen-bond donors (Lipinski definition) is 1. The number of nitrogens with zero attached hydrogens (tertiary/aromatic N) is 1. The molecular formula is C15H20N2O3. The molecule has 108 valence electrons. The van der Waals surface area contributed by atoms with E-state index in [2.05, 4.69) is 5.32 Å². The molecule has 1 aromatic rings. The minimum atomic E-state index is -0.664. The summed E-state index contributed by atoms with van der Waals surface area (Å²) in [6.45, 7) is 4.13. The van der Waals surface area contributed by atoms with Crippen LogP contribution >= 0.6 is 0 Å². The largest absolute Gasteiger partial charge is 0.477 e. The van der Waals surface area contributed by atoms with Gasteiger partial charge in [0.05, 0.1) is 12.2 Å². The monoisotopic (exact) mass is 276 g/mol. The number of carbonyl (C=O) groups is 2. The van der Waals surface area contributed by atoms with Gasteiger partial charge in [0, 0.05) is 13.0 Å². The first-order chi connectivity index (χ1) is 9.58. The summed E-state index contributed by atoms with van der Waals surface area (Å²) in [6.07, 6.45) is 0.103. The van der Waals surface area contributed by atoms with Crippen LogP contribution in [0.4, 0.5) is 5.69 Å². The zero-order chi connectivity index (χ0) is 14.7. The van der Waals surface area contributed by atoms with Crippen molar-refractivity contribution in [3.63, 3.8) is 0 Å². The van der Waals surface area contributed by atoms with Crippen LogP contribution in [0.15, 0.2) is 24.3 Å². The number of para-hydroxylation sites is 2. The molecule has 0 fully saturated rings. The van der Waals surface area contributed by atoms with Crippen LogP contribution in [0.3, 0.4) is 0 Å². The average Bonchev–Trinajstić information content (AvgIpc) is 2.51. The Labute approximate surface area is 118 Å². The Balaban J connectivity index is 2.34. The number of amides is 2.